The Morgan fingerprint density at radius 1 is 1.11 bits per heavy atom. The summed E-state index contributed by atoms with van der Waals surface area (Å²) in [4.78, 5) is 19.7. The minimum atomic E-state index is -0.527. The molecule has 0 spiro atoms. The second-order valence-electron chi connectivity index (χ2n) is 7.46. The van der Waals surface area contributed by atoms with Crippen molar-refractivity contribution in [3.05, 3.63) is 88.8 Å². The Morgan fingerprint density at radius 2 is 1.97 bits per heavy atom. The zero-order chi connectivity index (χ0) is 24.6. The van der Waals surface area contributed by atoms with Crippen LogP contribution >= 0.6 is 11.6 Å². The number of carbonyl (C=O) groups is 1. The zero-order valence-corrected chi connectivity index (χ0v) is 19.7. The van der Waals surface area contributed by atoms with E-state index in [0.29, 0.717) is 47.8 Å². The molecule has 0 unspecified atom stereocenters. The Bertz CT molecular complexity index is 1310. The van der Waals surface area contributed by atoms with Gasteiger partial charge in [-0.15, -0.1) is 10.2 Å². The van der Waals surface area contributed by atoms with Crippen LogP contribution in [0.2, 0.25) is 5.02 Å². The summed E-state index contributed by atoms with van der Waals surface area (Å²) >= 11 is 6.41. The third-order valence-electron chi connectivity index (χ3n) is 5.02. The van der Waals surface area contributed by atoms with Crippen LogP contribution in [0.5, 0.6) is 5.75 Å². The van der Waals surface area contributed by atoms with E-state index in [1.54, 1.807) is 48.7 Å². The van der Waals surface area contributed by atoms with Gasteiger partial charge < -0.3 is 19.8 Å². The zero-order valence-electron chi connectivity index (χ0n) is 18.9. The topological polar surface area (TPSA) is 102 Å². The summed E-state index contributed by atoms with van der Waals surface area (Å²) in [5.41, 5.74) is 1.92. The van der Waals surface area contributed by atoms with Gasteiger partial charge in [0.25, 0.3) is 5.91 Å². The first-order chi connectivity index (χ1) is 17.0. The first-order valence-corrected chi connectivity index (χ1v) is 11.3. The van der Waals surface area contributed by atoms with Crippen molar-refractivity contribution >= 4 is 23.3 Å². The molecule has 0 saturated heterocycles. The number of aromatic amines is 1. The van der Waals surface area contributed by atoms with Gasteiger partial charge in [0.15, 0.2) is 0 Å². The molecule has 0 bridgehead atoms. The van der Waals surface area contributed by atoms with Crippen LogP contribution in [0.3, 0.4) is 0 Å². The fraction of sp³-hybridized carbons (Fsp3) is 0.200. The van der Waals surface area contributed by atoms with Crippen molar-refractivity contribution in [1.29, 1.82) is 0 Å². The smallest absolute Gasteiger partial charge is 0.294 e. The number of nitrogens with zero attached hydrogens (tertiary/aromatic N) is 3. The van der Waals surface area contributed by atoms with Crippen LogP contribution in [-0.4, -0.2) is 45.9 Å². The normalized spacial score (nSPS) is 10.8. The molecule has 35 heavy (non-hydrogen) atoms. The van der Waals surface area contributed by atoms with E-state index in [2.05, 4.69) is 25.5 Å². The van der Waals surface area contributed by atoms with Gasteiger partial charge in [0, 0.05) is 29.8 Å². The van der Waals surface area contributed by atoms with Gasteiger partial charge in [-0.05, 0) is 54.4 Å². The highest BCUT2D eigenvalue weighted by Gasteiger charge is 2.15. The summed E-state index contributed by atoms with van der Waals surface area (Å²) in [6, 6.07) is 15.2. The third kappa shape index (κ3) is 6.40. The molecule has 10 heteroatoms. The first kappa shape index (κ1) is 24.3. The van der Waals surface area contributed by atoms with E-state index in [1.165, 1.54) is 6.07 Å². The van der Waals surface area contributed by atoms with Gasteiger partial charge in [0.1, 0.15) is 29.8 Å². The first-order valence-electron chi connectivity index (χ1n) is 11.0. The highest BCUT2D eigenvalue weighted by molar-refractivity contribution is 6.33. The molecule has 0 radical (unpaired) electrons. The summed E-state index contributed by atoms with van der Waals surface area (Å²) in [7, 11) is 0. The average Bonchev–Trinajstić information content (AvgIpc) is 3.33. The number of ether oxygens (including phenoxy) is 2. The SMILES string of the molecule is CCOCCOc1ccc(Cl)c(-c2ccnc(NC(=O)c3nnc(Cc4ccccc4F)[nH]3)c2)c1. The largest absolute Gasteiger partial charge is 0.491 e. The molecule has 0 aliphatic rings. The predicted molar refractivity (Wildman–Crippen MR) is 130 cm³/mol. The minimum Gasteiger partial charge on any atom is -0.491 e. The molecule has 4 aromatic rings. The highest BCUT2D eigenvalue weighted by Crippen LogP contribution is 2.32. The van der Waals surface area contributed by atoms with E-state index in [0.717, 1.165) is 11.1 Å². The highest BCUT2D eigenvalue weighted by atomic mass is 35.5. The van der Waals surface area contributed by atoms with Gasteiger partial charge >= 0.3 is 0 Å². The Labute approximate surface area is 206 Å². The molecule has 2 aromatic heterocycles. The number of halogens is 2. The van der Waals surface area contributed by atoms with Crippen molar-refractivity contribution in [1.82, 2.24) is 20.2 Å². The Hall–Kier alpha value is -3.82. The van der Waals surface area contributed by atoms with E-state index in [-0.39, 0.29) is 18.1 Å². The van der Waals surface area contributed by atoms with E-state index in [4.69, 9.17) is 21.1 Å². The van der Waals surface area contributed by atoms with Crippen molar-refractivity contribution in [2.45, 2.75) is 13.3 Å². The number of carbonyl (C=O) groups excluding carboxylic acids is 1. The number of nitrogens with one attached hydrogen (secondary N) is 2. The lowest BCUT2D eigenvalue weighted by atomic mass is 10.1. The van der Waals surface area contributed by atoms with Crippen LogP contribution in [0, 0.1) is 5.82 Å². The number of H-pyrrole nitrogens is 1. The van der Waals surface area contributed by atoms with Crippen LogP contribution in [0.15, 0.2) is 60.8 Å². The quantitative estimate of drug-likeness (QED) is 0.303. The second kappa shape index (κ2) is 11.5. The number of hydrogen-bond acceptors (Lipinski definition) is 6. The van der Waals surface area contributed by atoms with E-state index >= 15 is 0 Å². The molecule has 2 N–H and O–H groups in total. The number of rotatable bonds is 10. The molecule has 0 fully saturated rings. The van der Waals surface area contributed by atoms with Crippen LogP contribution in [-0.2, 0) is 11.2 Å². The molecular formula is C25H23ClFN5O3. The van der Waals surface area contributed by atoms with Crippen LogP contribution < -0.4 is 10.1 Å². The van der Waals surface area contributed by atoms with Gasteiger partial charge in [-0.1, -0.05) is 29.8 Å². The Kier molecular flexibility index (Phi) is 8.02. The van der Waals surface area contributed by atoms with Crippen LogP contribution in [0.25, 0.3) is 11.1 Å². The van der Waals surface area contributed by atoms with Gasteiger partial charge in [0.2, 0.25) is 5.82 Å². The average molecular weight is 496 g/mol. The van der Waals surface area contributed by atoms with Crippen LogP contribution in [0.1, 0.15) is 28.9 Å². The molecule has 2 heterocycles. The maximum absolute atomic E-state index is 13.9. The molecule has 1 amide bonds. The molecule has 0 atom stereocenters. The molecule has 0 aliphatic heterocycles. The summed E-state index contributed by atoms with van der Waals surface area (Å²) in [5, 5.41) is 11.0. The number of hydrogen-bond donors (Lipinski definition) is 2. The Morgan fingerprint density at radius 3 is 2.80 bits per heavy atom. The fourth-order valence-electron chi connectivity index (χ4n) is 3.32. The molecule has 2 aromatic carbocycles. The number of anilines is 1. The second-order valence-corrected chi connectivity index (χ2v) is 7.87. The molecule has 0 aliphatic carbocycles. The van der Waals surface area contributed by atoms with Gasteiger partial charge in [-0.3, -0.25) is 4.79 Å². The molecule has 4 rings (SSSR count). The van der Waals surface area contributed by atoms with Gasteiger partial charge in [-0.25, -0.2) is 9.37 Å². The lowest BCUT2D eigenvalue weighted by molar-refractivity contribution is 0.101. The lowest BCUT2D eigenvalue weighted by Crippen LogP contribution is -2.14. The van der Waals surface area contributed by atoms with Crippen molar-refractivity contribution in [2.24, 2.45) is 0 Å². The van der Waals surface area contributed by atoms with Crippen molar-refractivity contribution in [2.75, 3.05) is 25.1 Å². The van der Waals surface area contributed by atoms with Crippen LogP contribution in [0.4, 0.5) is 10.2 Å². The maximum Gasteiger partial charge on any atom is 0.294 e. The molecule has 180 valence electrons. The standard InChI is InChI=1S/C25H23ClFN5O3/c1-2-34-11-12-35-18-7-8-20(26)19(15-18)16-9-10-28-22(13-16)30-25(33)24-29-23(31-32-24)14-17-5-3-4-6-21(17)27/h3-10,13,15H,2,11-12,14H2,1H3,(H,28,30,33)(H,29,31,32). The lowest BCUT2D eigenvalue weighted by Gasteiger charge is -2.11. The predicted octanol–water partition coefficient (Wildman–Crippen LogP) is 4.92. The summed E-state index contributed by atoms with van der Waals surface area (Å²) < 4.78 is 24.9. The summed E-state index contributed by atoms with van der Waals surface area (Å²) in [6.45, 7) is 3.46. The van der Waals surface area contributed by atoms with Crippen molar-refractivity contribution < 1.29 is 18.7 Å². The molecule has 0 saturated carbocycles. The minimum absolute atomic E-state index is 0.00808. The monoisotopic (exact) mass is 495 g/mol. The maximum atomic E-state index is 13.9. The fourth-order valence-corrected chi connectivity index (χ4v) is 3.55. The van der Waals surface area contributed by atoms with Crippen molar-refractivity contribution in [3.63, 3.8) is 0 Å². The number of benzene rings is 2. The van der Waals surface area contributed by atoms with Crippen molar-refractivity contribution in [3.8, 4) is 16.9 Å². The van der Waals surface area contributed by atoms with Gasteiger partial charge in [-0.2, -0.15) is 0 Å². The Balaban J connectivity index is 1.45. The van der Waals surface area contributed by atoms with E-state index < -0.39 is 5.91 Å². The number of aromatic nitrogens is 4. The van der Waals surface area contributed by atoms with E-state index in [1.807, 2.05) is 13.0 Å². The third-order valence-corrected chi connectivity index (χ3v) is 5.34. The van der Waals surface area contributed by atoms with Gasteiger partial charge in [0.05, 0.1) is 6.61 Å². The number of amides is 1. The summed E-state index contributed by atoms with van der Waals surface area (Å²) in [6.07, 6.45) is 1.75. The number of pyridine rings is 1. The molecule has 8 nitrogen and oxygen atoms in total. The summed E-state index contributed by atoms with van der Waals surface area (Å²) in [5.74, 6) is 0.439. The molecular weight excluding hydrogens is 473 g/mol. The van der Waals surface area contributed by atoms with E-state index in [9.17, 15) is 9.18 Å².